The molecule has 5 nitrogen and oxygen atoms in total. The van der Waals surface area contributed by atoms with Gasteiger partial charge in [0.1, 0.15) is 12.1 Å². The Morgan fingerprint density at radius 2 is 2.22 bits per heavy atom. The molecule has 1 aromatic rings. The van der Waals surface area contributed by atoms with Gasteiger partial charge in [-0.2, -0.15) is 0 Å². The number of aryl methyl sites for hydroxylation is 1. The average molecular weight is 250 g/mol. The first-order valence-electron chi connectivity index (χ1n) is 6.45. The fourth-order valence-corrected chi connectivity index (χ4v) is 2.52. The number of aromatic nitrogens is 2. The lowest BCUT2D eigenvalue weighted by atomic mass is 10.0. The molecule has 1 aliphatic heterocycles. The van der Waals surface area contributed by atoms with E-state index in [0.29, 0.717) is 13.1 Å². The van der Waals surface area contributed by atoms with Crippen LogP contribution in [0.25, 0.3) is 0 Å². The molecule has 0 saturated carbocycles. The summed E-state index contributed by atoms with van der Waals surface area (Å²) in [6, 6.07) is 2.02. The first kappa shape index (κ1) is 13.2. The Morgan fingerprint density at radius 1 is 1.44 bits per heavy atom. The van der Waals surface area contributed by atoms with Crippen molar-refractivity contribution in [3.63, 3.8) is 0 Å². The van der Waals surface area contributed by atoms with Crippen LogP contribution in [0.3, 0.4) is 0 Å². The van der Waals surface area contributed by atoms with Crippen LogP contribution >= 0.6 is 0 Å². The van der Waals surface area contributed by atoms with E-state index >= 15 is 0 Å². The van der Waals surface area contributed by atoms with Crippen molar-refractivity contribution in [1.29, 1.82) is 0 Å². The van der Waals surface area contributed by atoms with Gasteiger partial charge in [0, 0.05) is 31.4 Å². The van der Waals surface area contributed by atoms with E-state index in [9.17, 15) is 5.11 Å². The fraction of sp³-hybridized carbons (Fsp3) is 0.692. The fourth-order valence-electron chi connectivity index (χ4n) is 2.52. The zero-order valence-corrected chi connectivity index (χ0v) is 11.4. The van der Waals surface area contributed by atoms with Gasteiger partial charge in [0.05, 0.1) is 5.60 Å². The van der Waals surface area contributed by atoms with E-state index in [1.807, 2.05) is 25.1 Å². The summed E-state index contributed by atoms with van der Waals surface area (Å²) in [6.07, 6.45) is 3.31. The van der Waals surface area contributed by atoms with Gasteiger partial charge in [-0.05, 0) is 26.9 Å². The molecule has 0 amide bonds. The predicted molar refractivity (Wildman–Crippen MR) is 71.7 cm³/mol. The third-order valence-electron chi connectivity index (χ3n) is 3.34. The Balaban J connectivity index is 2.08. The van der Waals surface area contributed by atoms with Gasteiger partial charge in [-0.15, -0.1) is 0 Å². The van der Waals surface area contributed by atoms with Crippen LogP contribution < -0.4 is 4.90 Å². The zero-order valence-electron chi connectivity index (χ0n) is 11.4. The maximum Gasteiger partial charge on any atom is 0.132 e. The Hall–Kier alpha value is -1.20. The summed E-state index contributed by atoms with van der Waals surface area (Å²) >= 11 is 0. The molecule has 0 aliphatic carbocycles. The average Bonchev–Trinajstić information content (AvgIpc) is 2.70. The van der Waals surface area contributed by atoms with E-state index < -0.39 is 5.60 Å². The number of rotatable bonds is 4. The summed E-state index contributed by atoms with van der Waals surface area (Å²) in [7, 11) is 3.97. The van der Waals surface area contributed by atoms with E-state index in [2.05, 4.69) is 21.8 Å². The first-order valence-corrected chi connectivity index (χ1v) is 6.45. The van der Waals surface area contributed by atoms with Crippen LogP contribution in [0.15, 0.2) is 12.4 Å². The SMILES string of the molecule is CCc1cc(N2CCC(O)(CN(C)C)C2)ncn1. The molecule has 18 heavy (non-hydrogen) atoms. The van der Waals surface area contributed by atoms with Crippen molar-refractivity contribution in [3.05, 3.63) is 18.1 Å². The topological polar surface area (TPSA) is 52.5 Å². The lowest BCUT2D eigenvalue weighted by Crippen LogP contribution is -2.42. The number of hydrogen-bond acceptors (Lipinski definition) is 5. The van der Waals surface area contributed by atoms with Gasteiger partial charge >= 0.3 is 0 Å². The molecule has 1 saturated heterocycles. The van der Waals surface area contributed by atoms with Crippen LogP contribution in [0.4, 0.5) is 5.82 Å². The second-order valence-electron chi connectivity index (χ2n) is 5.35. The molecular weight excluding hydrogens is 228 g/mol. The standard InChI is InChI=1S/C13H22N4O/c1-4-11-7-12(15-10-14-11)17-6-5-13(18,9-17)8-16(2)3/h7,10,18H,4-6,8-9H2,1-3H3. The second kappa shape index (κ2) is 5.20. The number of β-amino-alcohol motifs (C(OH)–C–C–N with tert-alkyl or cyclic N) is 1. The highest BCUT2D eigenvalue weighted by molar-refractivity contribution is 5.41. The molecule has 1 unspecified atom stereocenters. The third kappa shape index (κ3) is 2.97. The Bertz CT molecular complexity index is 410. The molecule has 2 rings (SSSR count). The number of hydrogen-bond donors (Lipinski definition) is 1. The lowest BCUT2D eigenvalue weighted by Gasteiger charge is -2.27. The molecule has 1 N–H and O–H groups in total. The van der Waals surface area contributed by atoms with Crippen LogP contribution in [0.2, 0.25) is 0 Å². The van der Waals surface area contributed by atoms with E-state index in [-0.39, 0.29) is 0 Å². The van der Waals surface area contributed by atoms with Crippen LogP contribution in [0, 0.1) is 0 Å². The smallest absolute Gasteiger partial charge is 0.132 e. The maximum atomic E-state index is 10.5. The molecule has 1 fully saturated rings. The van der Waals surface area contributed by atoms with Crippen molar-refractivity contribution in [2.24, 2.45) is 0 Å². The largest absolute Gasteiger partial charge is 0.387 e. The van der Waals surface area contributed by atoms with E-state index in [0.717, 1.165) is 30.9 Å². The minimum atomic E-state index is -0.624. The quantitative estimate of drug-likeness (QED) is 0.845. The summed E-state index contributed by atoms with van der Waals surface area (Å²) < 4.78 is 0. The Kier molecular flexibility index (Phi) is 3.82. The predicted octanol–water partition coefficient (Wildman–Crippen LogP) is 0.542. The van der Waals surface area contributed by atoms with Gasteiger partial charge in [-0.1, -0.05) is 6.92 Å². The highest BCUT2D eigenvalue weighted by Gasteiger charge is 2.37. The molecule has 100 valence electrons. The number of aliphatic hydroxyl groups is 1. The van der Waals surface area contributed by atoms with Crippen molar-refractivity contribution in [1.82, 2.24) is 14.9 Å². The Morgan fingerprint density at radius 3 is 2.89 bits per heavy atom. The highest BCUT2D eigenvalue weighted by atomic mass is 16.3. The second-order valence-corrected chi connectivity index (χ2v) is 5.35. The van der Waals surface area contributed by atoms with Crippen LogP contribution in [-0.4, -0.2) is 59.3 Å². The van der Waals surface area contributed by atoms with Crippen molar-refractivity contribution >= 4 is 5.82 Å². The summed E-state index contributed by atoms with van der Waals surface area (Å²) in [6.45, 7) is 4.27. The zero-order chi connectivity index (χ0) is 13.2. The van der Waals surface area contributed by atoms with Crippen LogP contribution in [0.1, 0.15) is 19.0 Å². The van der Waals surface area contributed by atoms with E-state index in [1.54, 1.807) is 6.33 Å². The molecule has 1 aromatic heterocycles. The third-order valence-corrected chi connectivity index (χ3v) is 3.34. The molecule has 2 heterocycles. The lowest BCUT2D eigenvalue weighted by molar-refractivity contribution is 0.0365. The maximum absolute atomic E-state index is 10.5. The minimum absolute atomic E-state index is 0.624. The van der Waals surface area contributed by atoms with Gasteiger partial charge in [0.2, 0.25) is 0 Å². The Labute approximate surface area is 108 Å². The van der Waals surface area contributed by atoms with Gasteiger partial charge < -0.3 is 14.9 Å². The summed E-state index contributed by atoms with van der Waals surface area (Å²) in [5, 5.41) is 10.5. The molecule has 0 bridgehead atoms. The van der Waals surface area contributed by atoms with Gasteiger partial charge in [-0.25, -0.2) is 9.97 Å². The van der Waals surface area contributed by atoms with Crippen molar-refractivity contribution in [3.8, 4) is 0 Å². The first-order chi connectivity index (χ1) is 8.52. The molecule has 0 aromatic carbocycles. The van der Waals surface area contributed by atoms with Gasteiger partial charge in [0.15, 0.2) is 0 Å². The molecule has 1 atom stereocenters. The molecule has 0 radical (unpaired) electrons. The highest BCUT2D eigenvalue weighted by Crippen LogP contribution is 2.26. The van der Waals surface area contributed by atoms with E-state index in [4.69, 9.17) is 0 Å². The van der Waals surface area contributed by atoms with Crippen molar-refractivity contribution < 1.29 is 5.11 Å². The normalized spacial score (nSPS) is 23.9. The van der Waals surface area contributed by atoms with Crippen molar-refractivity contribution in [2.75, 3.05) is 38.6 Å². The monoisotopic (exact) mass is 250 g/mol. The molecule has 1 aliphatic rings. The minimum Gasteiger partial charge on any atom is -0.387 e. The molecule has 5 heteroatoms. The molecular formula is C13H22N4O. The number of likely N-dealkylation sites (N-methyl/N-ethyl adjacent to an activating group) is 1. The van der Waals surface area contributed by atoms with E-state index in [1.165, 1.54) is 0 Å². The van der Waals surface area contributed by atoms with Crippen LogP contribution in [0.5, 0.6) is 0 Å². The van der Waals surface area contributed by atoms with Gasteiger partial charge in [0.25, 0.3) is 0 Å². The number of nitrogens with zero attached hydrogens (tertiary/aromatic N) is 4. The summed E-state index contributed by atoms with van der Waals surface area (Å²) in [4.78, 5) is 12.7. The number of anilines is 1. The van der Waals surface area contributed by atoms with Gasteiger partial charge in [-0.3, -0.25) is 0 Å². The van der Waals surface area contributed by atoms with Crippen molar-refractivity contribution in [2.45, 2.75) is 25.4 Å². The molecule has 0 spiro atoms. The van der Waals surface area contributed by atoms with Crippen LogP contribution in [-0.2, 0) is 6.42 Å². The summed E-state index contributed by atoms with van der Waals surface area (Å²) in [5.41, 5.74) is 0.420. The summed E-state index contributed by atoms with van der Waals surface area (Å²) in [5.74, 6) is 0.927.